The predicted octanol–water partition coefficient (Wildman–Crippen LogP) is 2.97. The molecule has 0 amide bonds. The van der Waals surface area contributed by atoms with Crippen LogP contribution in [-0.2, 0) is 6.54 Å². The Morgan fingerprint density at radius 2 is 2.11 bits per heavy atom. The van der Waals surface area contributed by atoms with E-state index in [-0.39, 0.29) is 6.54 Å². The van der Waals surface area contributed by atoms with Crippen LogP contribution in [0.4, 0.5) is 13.9 Å². The van der Waals surface area contributed by atoms with Crippen molar-refractivity contribution >= 4 is 16.5 Å². The number of alkyl halides is 2. The molecule has 0 saturated heterocycles. The molecule has 3 rings (SSSR count). The van der Waals surface area contributed by atoms with Crippen LogP contribution in [0.5, 0.6) is 0 Å². The number of thiazole rings is 1. The topological polar surface area (TPSA) is 28.2 Å². The molecule has 19 heavy (non-hydrogen) atoms. The van der Waals surface area contributed by atoms with Crippen LogP contribution in [0.25, 0.3) is 0 Å². The maximum absolute atomic E-state index is 12.4. The van der Waals surface area contributed by atoms with E-state index in [0.29, 0.717) is 12.0 Å². The van der Waals surface area contributed by atoms with Crippen molar-refractivity contribution in [2.45, 2.75) is 50.6 Å². The number of hydrogen-bond donors (Lipinski definition) is 1. The van der Waals surface area contributed by atoms with Gasteiger partial charge in [-0.3, -0.25) is 0 Å². The Morgan fingerprint density at radius 3 is 2.68 bits per heavy atom. The number of nitrogens with one attached hydrogen (secondary N) is 1. The average molecular weight is 287 g/mol. The largest absolute Gasteiger partial charge is 0.345 e. The van der Waals surface area contributed by atoms with Crippen molar-refractivity contribution in [2.75, 3.05) is 18.5 Å². The van der Waals surface area contributed by atoms with Crippen molar-refractivity contribution in [2.24, 2.45) is 0 Å². The normalized spacial score (nSPS) is 19.2. The number of rotatable bonds is 7. The van der Waals surface area contributed by atoms with Crippen molar-refractivity contribution in [3.63, 3.8) is 0 Å². The highest BCUT2D eigenvalue weighted by molar-refractivity contribution is 7.15. The molecule has 1 aromatic heterocycles. The zero-order valence-corrected chi connectivity index (χ0v) is 11.8. The Hall–Kier alpha value is -0.750. The lowest BCUT2D eigenvalue weighted by Crippen LogP contribution is -2.23. The minimum absolute atomic E-state index is 0.243. The molecule has 0 aromatic carbocycles. The summed E-state index contributed by atoms with van der Waals surface area (Å²) in [5.41, 5.74) is 1.15. The first kappa shape index (κ1) is 13.2. The summed E-state index contributed by atoms with van der Waals surface area (Å²) in [6, 6.07) is 0.663. The maximum atomic E-state index is 12.4. The predicted molar refractivity (Wildman–Crippen MR) is 73.2 cm³/mol. The van der Waals surface area contributed by atoms with E-state index >= 15 is 0 Å². The Morgan fingerprint density at radius 1 is 1.37 bits per heavy atom. The molecule has 106 valence electrons. The van der Waals surface area contributed by atoms with Gasteiger partial charge in [0.1, 0.15) is 0 Å². The third kappa shape index (κ3) is 3.42. The summed E-state index contributed by atoms with van der Waals surface area (Å²) >= 11 is 1.57. The molecule has 3 nitrogen and oxygen atoms in total. The number of aromatic nitrogens is 1. The number of hydrogen-bond acceptors (Lipinski definition) is 4. The van der Waals surface area contributed by atoms with Crippen LogP contribution in [0, 0.1) is 0 Å². The lowest BCUT2D eigenvalue weighted by molar-refractivity contribution is 0.156. The summed E-state index contributed by atoms with van der Waals surface area (Å²) in [4.78, 5) is 7.41. The Balaban J connectivity index is 1.71. The Bertz CT molecular complexity index is 441. The van der Waals surface area contributed by atoms with Crippen molar-refractivity contribution in [3.05, 3.63) is 10.6 Å². The Kier molecular flexibility index (Phi) is 3.71. The van der Waals surface area contributed by atoms with Gasteiger partial charge in [-0.05, 0) is 25.7 Å². The molecule has 1 N–H and O–H groups in total. The van der Waals surface area contributed by atoms with Crippen LogP contribution >= 0.6 is 11.3 Å². The molecule has 0 atom stereocenters. The first-order valence-electron chi connectivity index (χ1n) is 6.85. The lowest BCUT2D eigenvalue weighted by atomic mass is 10.2. The molecule has 0 spiro atoms. The maximum Gasteiger partial charge on any atom is 0.255 e. The van der Waals surface area contributed by atoms with Crippen molar-refractivity contribution in [1.29, 1.82) is 0 Å². The second kappa shape index (κ2) is 5.32. The number of halogens is 2. The van der Waals surface area contributed by atoms with E-state index in [1.165, 1.54) is 30.6 Å². The molecular weight excluding hydrogens is 268 g/mol. The molecular formula is C13H19F2N3S. The fraction of sp³-hybridized carbons (Fsp3) is 0.769. The van der Waals surface area contributed by atoms with Crippen LogP contribution < -0.4 is 10.2 Å². The molecule has 0 bridgehead atoms. The van der Waals surface area contributed by atoms with Crippen molar-refractivity contribution in [1.82, 2.24) is 10.3 Å². The molecule has 0 aliphatic heterocycles. The molecule has 2 fully saturated rings. The highest BCUT2D eigenvalue weighted by atomic mass is 32.1. The summed E-state index contributed by atoms with van der Waals surface area (Å²) in [7, 11) is 1.69. The van der Waals surface area contributed by atoms with Gasteiger partial charge < -0.3 is 10.2 Å². The smallest absolute Gasteiger partial charge is 0.255 e. The van der Waals surface area contributed by atoms with Crippen LogP contribution in [0.3, 0.4) is 0 Å². The lowest BCUT2D eigenvalue weighted by Gasteiger charge is -2.14. The first-order valence-corrected chi connectivity index (χ1v) is 7.67. The molecule has 1 aromatic rings. The summed E-state index contributed by atoms with van der Waals surface area (Å²) in [5, 5.41) is 4.22. The van der Waals surface area contributed by atoms with Gasteiger partial charge >= 0.3 is 0 Å². The fourth-order valence-electron chi connectivity index (χ4n) is 2.13. The SMILES string of the molecule is CN(CC(F)F)c1nc(C2CC2)c(CNC2CC2)s1. The first-order chi connectivity index (χ1) is 9.13. The summed E-state index contributed by atoms with van der Waals surface area (Å²) in [6.07, 6.45) is 2.59. The molecule has 2 aliphatic carbocycles. The molecule has 6 heteroatoms. The average Bonchev–Trinajstić information content (AvgIpc) is 3.25. The van der Waals surface area contributed by atoms with Crippen molar-refractivity contribution in [3.8, 4) is 0 Å². The van der Waals surface area contributed by atoms with E-state index in [0.717, 1.165) is 17.4 Å². The summed E-state index contributed by atoms with van der Waals surface area (Å²) in [6.45, 7) is 0.601. The van der Waals surface area contributed by atoms with Crippen molar-refractivity contribution < 1.29 is 8.78 Å². The van der Waals surface area contributed by atoms with Gasteiger partial charge in [-0.15, -0.1) is 11.3 Å². The van der Waals surface area contributed by atoms with Gasteiger partial charge in [0.05, 0.1) is 12.2 Å². The van der Waals surface area contributed by atoms with Gasteiger partial charge in [-0.2, -0.15) is 0 Å². The number of anilines is 1. The Labute approximate surface area is 116 Å². The van der Waals surface area contributed by atoms with Gasteiger partial charge in [0.15, 0.2) is 5.13 Å². The van der Waals surface area contributed by atoms with Gasteiger partial charge in [-0.25, -0.2) is 13.8 Å². The van der Waals surface area contributed by atoms with E-state index in [1.807, 2.05) is 0 Å². The van der Waals surface area contributed by atoms with Crippen LogP contribution in [0.15, 0.2) is 0 Å². The van der Waals surface area contributed by atoms with Gasteiger partial charge in [0.25, 0.3) is 6.43 Å². The van der Waals surface area contributed by atoms with Crippen LogP contribution in [0.1, 0.15) is 42.2 Å². The standard InChI is InChI=1S/C13H19F2N3S/c1-18(7-11(14)15)13-17-12(8-2-3-8)10(19-13)6-16-9-4-5-9/h8-9,11,16H,2-7H2,1H3. The second-order valence-corrected chi connectivity index (χ2v) is 6.57. The van der Waals surface area contributed by atoms with Gasteiger partial charge in [0, 0.05) is 30.4 Å². The summed E-state index contributed by atoms with van der Waals surface area (Å²) in [5.74, 6) is 0.570. The van der Waals surface area contributed by atoms with E-state index in [2.05, 4.69) is 10.3 Å². The van der Waals surface area contributed by atoms with Gasteiger partial charge in [-0.1, -0.05) is 0 Å². The summed E-state index contributed by atoms with van der Waals surface area (Å²) < 4.78 is 24.9. The quantitative estimate of drug-likeness (QED) is 0.835. The third-order valence-corrected chi connectivity index (χ3v) is 4.73. The molecule has 0 radical (unpaired) electrons. The minimum atomic E-state index is -2.31. The van der Waals surface area contributed by atoms with Crippen LogP contribution in [-0.4, -0.2) is 31.0 Å². The zero-order valence-electron chi connectivity index (χ0n) is 11.0. The monoisotopic (exact) mass is 287 g/mol. The van der Waals surface area contributed by atoms with Crippen LogP contribution in [0.2, 0.25) is 0 Å². The molecule has 2 aliphatic rings. The van der Waals surface area contributed by atoms with E-state index in [1.54, 1.807) is 23.3 Å². The minimum Gasteiger partial charge on any atom is -0.345 e. The number of nitrogens with zero attached hydrogens (tertiary/aromatic N) is 2. The molecule has 1 heterocycles. The zero-order chi connectivity index (χ0) is 13.4. The molecule has 0 unspecified atom stereocenters. The van der Waals surface area contributed by atoms with E-state index < -0.39 is 6.43 Å². The van der Waals surface area contributed by atoms with Gasteiger partial charge in [0.2, 0.25) is 0 Å². The second-order valence-electron chi connectivity index (χ2n) is 5.51. The highest BCUT2D eigenvalue weighted by Crippen LogP contribution is 2.44. The fourth-order valence-corrected chi connectivity index (χ4v) is 3.19. The van der Waals surface area contributed by atoms with E-state index in [9.17, 15) is 8.78 Å². The third-order valence-electron chi connectivity index (χ3n) is 3.55. The van der Waals surface area contributed by atoms with E-state index in [4.69, 9.17) is 0 Å². The molecule has 2 saturated carbocycles. The highest BCUT2D eigenvalue weighted by Gasteiger charge is 2.31.